The summed E-state index contributed by atoms with van der Waals surface area (Å²) in [6.45, 7) is 5.26. The molecule has 3 nitrogen and oxygen atoms in total. The molecule has 16 heavy (non-hydrogen) atoms. The second kappa shape index (κ2) is 3.37. The van der Waals surface area contributed by atoms with Crippen LogP contribution in [0.15, 0.2) is 18.2 Å². The molecule has 0 fully saturated rings. The molecule has 3 rings (SSSR count). The van der Waals surface area contributed by atoms with E-state index in [1.807, 2.05) is 0 Å². The van der Waals surface area contributed by atoms with Crippen molar-refractivity contribution in [2.24, 2.45) is 0 Å². The highest BCUT2D eigenvalue weighted by Crippen LogP contribution is 2.31. The zero-order valence-electron chi connectivity index (χ0n) is 9.59. The molecule has 0 bridgehead atoms. The van der Waals surface area contributed by atoms with Crippen molar-refractivity contribution in [1.82, 2.24) is 10.2 Å². The van der Waals surface area contributed by atoms with Crippen LogP contribution in [0.3, 0.4) is 0 Å². The number of benzene rings is 1. The summed E-state index contributed by atoms with van der Waals surface area (Å²) in [5, 5.41) is 10.7. The zero-order valence-corrected chi connectivity index (χ0v) is 9.59. The van der Waals surface area contributed by atoms with Crippen LogP contribution in [0.2, 0.25) is 0 Å². The van der Waals surface area contributed by atoms with E-state index in [2.05, 4.69) is 47.6 Å². The first-order chi connectivity index (χ1) is 7.74. The topological polar surface area (TPSA) is 40.7 Å². The monoisotopic (exact) mass is 213 g/mol. The smallest absolute Gasteiger partial charge is 0.151 e. The largest absolute Gasteiger partial charge is 0.368 e. The third-order valence-corrected chi connectivity index (χ3v) is 3.04. The molecule has 0 aliphatic carbocycles. The van der Waals surface area contributed by atoms with Crippen molar-refractivity contribution in [3.05, 3.63) is 34.9 Å². The molecule has 0 atom stereocenters. The van der Waals surface area contributed by atoms with Crippen LogP contribution in [0, 0.1) is 13.8 Å². The van der Waals surface area contributed by atoms with E-state index in [4.69, 9.17) is 0 Å². The Morgan fingerprint density at radius 2 is 1.88 bits per heavy atom. The van der Waals surface area contributed by atoms with Crippen LogP contribution in [0.4, 0.5) is 5.82 Å². The average molecular weight is 213 g/mol. The SMILES string of the molecule is Cc1cc(C)cc(-c2[nH]nc3c2CCN3)c1. The van der Waals surface area contributed by atoms with Crippen molar-refractivity contribution >= 4 is 5.82 Å². The number of nitrogens with one attached hydrogen (secondary N) is 2. The maximum Gasteiger partial charge on any atom is 0.151 e. The Kier molecular flexibility index (Phi) is 1.99. The van der Waals surface area contributed by atoms with Gasteiger partial charge in [0.15, 0.2) is 5.82 Å². The molecule has 3 heteroatoms. The molecule has 0 saturated carbocycles. The predicted octanol–water partition coefficient (Wildman–Crippen LogP) is 2.66. The number of aromatic nitrogens is 2. The van der Waals surface area contributed by atoms with E-state index in [1.54, 1.807) is 0 Å². The van der Waals surface area contributed by atoms with E-state index in [-0.39, 0.29) is 0 Å². The molecule has 2 aromatic rings. The fraction of sp³-hybridized carbons (Fsp3) is 0.308. The number of aryl methyl sites for hydroxylation is 2. The van der Waals surface area contributed by atoms with E-state index in [0.717, 1.165) is 18.8 Å². The molecule has 1 aliphatic rings. The molecule has 1 aromatic carbocycles. The zero-order chi connectivity index (χ0) is 11.1. The first-order valence-corrected chi connectivity index (χ1v) is 5.64. The van der Waals surface area contributed by atoms with Crippen molar-refractivity contribution in [3.8, 4) is 11.3 Å². The van der Waals surface area contributed by atoms with Crippen LogP contribution in [0.1, 0.15) is 16.7 Å². The summed E-state index contributed by atoms with van der Waals surface area (Å²) in [6, 6.07) is 6.61. The first-order valence-electron chi connectivity index (χ1n) is 5.64. The minimum atomic E-state index is 1.00. The van der Waals surface area contributed by atoms with Crippen molar-refractivity contribution in [2.75, 3.05) is 11.9 Å². The minimum Gasteiger partial charge on any atom is -0.368 e. The number of H-pyrrole nitrogens is 1. The van der Waals surface area contributed by atoms with E-state index >= 15 is 0 Å². The van der Waals surface area contributed by atoms with E-state index in [1.165, 1.54) is 27.9 Å². The van der Waals surface area contributed by atoms with Gasteiger partial charge in [0.25, 0.3) is 0 Å². The lowest BCUT2D eigenvalue weighted by atomic mass is 10.0. The fourth-order valence-corrected chi connectivity index (χ4v) is 2.42. The summed E-state index contributed by atoms with van der Waals surface area (Å²) in [4.78, 5) is 0. The summed E-state index contributed by atoms with van der Waals surface area (Å²) >= 11 is 0. The Hall–Kier alpha value is -1.77. The molecule has 0 spiro atoms. The Labute approximate surface area is 94.9 Å². The van der Waals surface area contributed by atoms with Gasteiger partial charge in [-0.15, -0.1) is 0 Å². The number of nitrogens with zero attached hydrogens (tertiary/aromatic N) is 1. The molecular formula is C13H15N3. The number of rotatable bonds is 1. The van der Waals surface area contributed by atoms with E-state index in [9.17, 15) is 0 Å². The van der Waals surface area contributed by atoms with Gasteiger partial charge in [0.2, 0.25) is 0 Å². The first kappa shape index (κ1) is 9.46. The van der Waals surface area contributed by atoms with Crippen LogP contribution in [0.25, 0.3) is 11.3 Å². The molecular weight excluding hydrogens is 198 g/mol. The summed E-state index contributed by atoms with van der Waals surface area (Å²) < 4.78 is 0. The normalized spacial score (nSPS) is 13.6. The summed E-state index contributed by atoms with van der Waals surface area (Å²) in [5.41, 5.74) is 6.33. The molecule has 1 aliphatic heterocycles. The molecule has 0 saturated heterocycles. The summed E-state index contributed by atoms with van der Waals surface area (Å²) in [6.07, 6.45) is 1.06. The highest BCUT2D eigenvalue weighted by molar-refractivity contribution is 5.71. The Morgan fingerprint density at radius 3 is 2.62 bits per heavy atom. The highest BCUT2D eigenvalue weighted by atomic mass is 15.2. The third kappa shape index (κ3) is 1.40. The lowest BCUT2D eigenvalue weighted by Crippen LogP contribution is -1.94. The average Bonchev–Trinajstić information content (AvgIpc) is 2.75. The van der Waals surface area contributed by atoms with Crippen molar-refractivity contribution in [3.63, 3.8) is 0 Å². The Morgan fingerprint density at radius 1 is 1.12 bits per heavy atom. The molecule has 2 N–H and O–H groups in total. The highest BCUT2D eigenvalue weighted by Gasteiger charge is 2.19. The lowest BCUT2D eigenvalue weighted by Gasteiger charge is -2.04. The van der Waals surface area contributed by atoms with Gasteiger partial charge in [-0.2, -0.15) is 5.10 Å². The van der Waals surface area contributed by atoms with Crippen LogP contribution < -0.4 is 5.32 Å². The Bertz CT molecular complexity index is 520. The summed E-state index contributed by atoms with van der Waals surface area (Å²) in [7, 11) is 0. The molecule has 0 amide bonds. The predicted molar refractivity (Wildman–Crippen MR) is 65.7 cm³/mol. The standard InChI is InChI=1S/C13H15N3/c1-8-5-9(2)7-10(6-8)12-11-3-4-14-13(11)16-15-12/h5-7H,3-4H2,1-2H3,(H2,14,15,16). The summed E-state index contributed by atoms with van der Waals surface area (Å²) in [5.74, 6) is 1.02. The van der Waals surface area contributed by atoms with Gasteiger partial charge < -0.3 is 5.32 Å². The van der Waals surface area contributed by atoms with Crippen molar-refractivity contribution in [1.29, 1.82) is 0 Å². The van der Waals surface area contributed by atoms with Gasteiger partial charge in [0, 0.05) is 17.7 Å². The van der Waals surface area contributed by atoms with Gasteiger partial charge in [-0.3, -0.25) is 5.10 Å². The lowest BCUT2D eigenvalue weighted by molar-refractivity contribution is 1.04. The molecule has 0 unspecified atom stereocenters. The van der Waals surface area contributed by atoms with Crippen LogP contribution in [-0.4, -0.2) is 16.7 Å². The van der Waals surface area contributed by atoms with Gasteiger partial charge in [0.1, 0.15) is 0 Å². The maximum absolute atomic E-state index is 4.30. The number of hydrogen-bond acceptors (Lipinski definition) is 2. The van der Waals surface area contributed by atoms with Gasteiger partial charge in [-0.25, -0.2) is 0 Å². The van der Waals surface area contributed by atoms with Crippen molar-refractivity contribution < 1.29 is 0 Å². The third-order valence-electron chi connectivity index (χ3n) is 3.04. The second-order valence-corrected chi connectivity index (χ2v) is 4.48. The van der Waals surface area contributed by atoms with Gasteiger partial charge >= 0.3 is 0 Å². The van der Waals surface area contributed by atoms with Crippen LogP contribution in [0.5, 0.6) is 0 Å². The fourth-order valence-electron chi connectivity index (χ4n) is 2.42. The Balaban J connectivity index is 2.15. The minimum absolute atomic E-state index is 1.00. The number of aromatic amines is 1. The number of hydrogen-bond donors (Lipinski definition) is 2. The molecule has 0 radical (unpaired) electrons. The van der Waals surface area contributed by atoms with Crippen LogP contribution >= 0.6 is 0 Å². The van der Waals surface area contributed by atoms with Crippen molar-refractivity contribution in [2.45, 2.75) is 20.3 Å². The van der Waals surface area contributed by atoms with Crippen LogP contribution in [-0.2, 0) is 6.42 Å². The van der Waals surface area contributed by atoms with E-state index in [0.29, 0.717) is 0 Å². The molecule has 82 valence electrons. The van der Waals surface area contributed by atoms with Gasteiger partial charge in [-0.05, 0) is 32.4 Å². The number of anilines is 1. The van der Waals surface area contributed by atoms with E-state index < -0.39 is 0 Å². The second-order valence-electron chi connectivity index (χ2n) is 4.48. The van der Waals surface area contributed by atoms with Gasteiger partial charge in [-0.1, -0.05) is 17.2 Å². The number of fused-ring (bicyclic) bond motifs is 1. The molecule has 2 heterocycles. The quantitative estimate of drug-likeness (QED) is 0.764. The van der Waals surface area contributed by atoms with Gasteiger partial charge in [0.05, 0.1) is 5.69 Å². The maximum atomic E-state index is 4.30. The molecule has 1 aromatic heterocycles.